The van der Waals surface area contributed by atoms with E-state index in [0.717, 1.165) is 17.7 Å². The standard InChI is InChI=1S/C30H32ClN3O4S/c1-5-19-9-13-22(14-10-19)32-28(35)27(6-2)39-30-33-24-18-26(38-4)25(37-3)17-23(24)29(36)34(30)16-15-20-7-11-21(31)12-8-20/h7-14,17-18,27H,5-6,15-16H2,1-4H3,(H,32,35)/t27-/m1/s1. The quantitative estimate of drug-likeness (QED) is 0.168. The van der Waals surface area contributed by atoms with Crippen LogP contribution in [0.1, 0.15) is 31.4 Å². The van der Waals surface area contributed by atoms with Crippen molar-refractivity contribution in [1.82, 2.24) is 9.55 Å². The van der Waals surface area contributed by atoms with Gasteiger partial charge < -0.3 is 14.8 Å². The lowest BCUT2D eigenvalue weighted by atomic mass is 10.1. The van der Waals surface area contributed by atoms with Crippen molar-refractivity contribution in [2.75, 3.05) is 19.5 Å². The number of carbonyl (C=O) groups is 1. The number of rotatable bonds is 11. The lowest BCUT2D eigenvalue weighted by Crippen LogP contribution is -2.28. The second kappa shape index (κ2) is 13.0. The van der Waals surface area contributed by atoms with Gasteiger partial charge in [-0.1, -0.05) is 61.5 Å². The van der Waals surface area contributed by atoms with Gasteiger partial charge in [0.15, 0.2) is 16.7 Å². The van der Waals surface area contributed by atoms with E-state index in [2.05, 4.69) is 12.2 Å². The SMILES string of the molecule is CCc1ccc(NC(=O)[C@@H](CC)Sc2nc3cc(OC)c(OC)cc3c(=O)n2CCc2ccc(Cl)cc2)cc1. The number of carbonyl (C=O) groups excluding carboxylic acids is 1. The van der Waals surface area contributed by atoms with Crippen molar-refractivity contribution >= 4 is 45.9 Å². The first-order valence-corrected chi connectivity index (χ1v) is 14.1. The summed E-state index contributed by atoms with van der Waals surface area (Å²) in [5.74, 6) is 0.790. The van der Waals surface area contributed by atoms with Crippen LogP contribution >= 0.6 is 23.4 Å². The van der Waals surface area contributed by atoms with Crippen LogP contribution in [0.4, 0.5) is 5.69 Å². The van der Waals surface area contributed by atoms with Gasteiger partial charge in [0.2, 0.25) is 5.91 Å². The molecule has 0 bridgehead atoms. The third-order valence-corrected chi connectivity index (χ3v) is 8.11. The van der Waals surface area contributed by atoms with Crippen molar-refractivity contribution in [3.05, 3.63) is 87.2 Å². The molecule has 1 N–H and O–H groups in total. The highest BCUT2D eigenvalue weighted by atomic mass is 35.5. The summed E-state index contributed by atoms with van der Waals surface area (Å²) in [6.45, 7) is 4.42. The molecule has 0 fully saturated rings. The number of thioether (sulfide) groups is 1. The van der Waals surface area contributed by atoms with Crippen LogP contribution in [0.15, 0.2) is 70.6 Å². The van der Waals surface area contributed by atoms with E-state index >= 15 is 0 Å². The number of aryl methyl sites for hydroxylation is 2. The molecule has 1 atom stereocenters. The highest BCUT2D eigenvalue weighted by molar-refractivity contribution is 8.00. The van der Waals surface area contributed by atoms with Crippen LogP contribution in [0.2, 0.25) is 5.02 Å². The summed E-state index contributed by atoms with van der Waals surface area (Å²) in [5, 5.41) is 4.09. The van der Waals surface area contributed by atoms with E-state index < -0.39 is 5.25 Å². The summed E-state index contributed by atoms with van der Waals surface area (Å²) in [6.07, 6.45) is 2.08. The number of benzene rings is 3. The van der Waals surface area contributed by atoms with Gasteiger partial charge in [0, 0.05) is 23.3 Å². The smallest absolute Gasteiger partial charge is 0.262 e. The molecular formula is C30H32ClN3O4S. The van der Waals surface area contributed by atoms with Gasteiger partial charge in [-0.15, -0.1) is 0 Å². The zero-order valence-corrected chi connectivity index (χ0v) is 24.1. The predicted octanol–water partition coefficient (Wildman–Crippen LogP) is 6.38. The lowest BCUT2D eigenvalue weighted by molar-refractivity contribution is -0.115. The normalized spacial score (nSPS) is 11.8. The summed E-state index contributed by atoms with van der Waals surface area (Å²) < 4.78 is 12.5. The summed E-state index contributed by atoms with van der Waals surface area (Å²) in [4.78, 5) is 31.9. The molecule has 4 aromatic rings. The Hall–Kier alpha value is -3.49. The van der Waals surface area contributed by atoms with Gasteiger partial charge in [-0.25, -0.2) is 4.98 Å². The summed E-state index contributed by atoms with van der Waals surface area (Å²) in [6, 6.07) is 18.7. The first-order valence-electron chi connectivity index (χ1n) is 12.8. The van der Waals surface area contributed by atoms with E-state index in [0.29, 0.717) is 52.0 Å². The molecular weight excluding hydrogens is 534 g/mol. The molecule has 0 aliphatic rings. The van der Waals surface area contributed by atoms with Crippen LogP contribution in [-0.2, 0) is 24.2 Å². The third kappa shape index (κ3) is 6.75. The van der Waals surface area contributed by atoms with Gasteiger partial charge >= 0.3 is 0 Å². The molecule has 0 spiro atoms. The van der Waals surface area contributed by atoms with Crippen molar-refractivity contribution < 1.29 is 14.3 Å². The molecule has 7 nitrogen and oxygen atoms in total. The van der Waals surface area contributed by atoms with Gasteiger partial charge in [0.1, 0.15) is 0 Å². The average Bonchev–Trinajstić information content (AvgIpc) is 2.96. The first kappa shape index (κ1) is 28.5. The number of hydrogen-bond acceptors (Lipinski definition) is 6. The Morgan fingerprint density at radius 1 is 1.00 bits per heavy atom. The van der Waals surface area contributed by atoms with Crippen molar-refractivity contribution in [2.45, 2.75) is 50.1 Å². The largest absolute Gasteiger partial charge is 0.493 e. The number of nitrogens with one attached hydrogen (secondary N) is 1. The van der Waals surface area contributed by atoms with E-state index in [1.807, 2.05) is 55.5 Å². The molecule has 39 heavy (non-hydrogen) atoms. The fourth-order valence-corrected chi connectivity index (χ4v) is 5.37. The number of halogens is 1. The number of nitrogens with zero attached hydrogens (tertiary/aromatic N) is 2. The molecule has 204 valence electrons. The Balaban J connectivity index is 1.70. The monoisotopic (exact) mass is 565 g/mol. The lowest BCUT2D eigenvalue weighted by Gasteiger charge is -2.19. The molecule has 9 heteroatoms. The maximum Gasteiger partial charge on any atom is 0.262 e. The second-order valence-corrected chi connectivity index (χ2v) is 10.6. The second-order valence-electron chi connectivity index (χ2n) is 9.01. The molecule has 0 aliphatic heterocycles. The molecule has 0 saturated carbocycles. The number of ether oxygens (including phenoxy) is 2. The Morgan fingerprint density at radius 3 is 2.26 bits per heavy atom. The average molecular weight is 566 g/mol. The first-order chi connectivity index (χ1) is 18.9. The topological polar surface area (TPSA) is 82.5 Å². The summed E-state index contributed by atoms with van der Waals surface area (Å²) in [7, 11) is 3.07. The van der Waals surface area contributed by atoms with Gasteiger partial charge in [0.25, 0.3) is 5.56 Å². The van der Waals surface area contributed by atoms with Gasteiger partial charge in [-0.05, 0) is 60.7 Å². The van der Waals surface area contributed by atoms with Crippen LogP contribution in [0, 0.1) is 0 Å². The van der Waals surface area contributed by atoms with Gasteiger partial charge in [-0.3, -0.25) is 14.2 Å². The Kier molecular flexibility index (Phi) is 9.54. The number of hydrogen-bond donors (Lipinski definition) is 1. The van der Waals surface area contributed by atoms with Crippen molar-refractivity contribution in [2.24, 2.45) is 0 Å². The zero-order valence-electron chi connectivity index (χ0n) is 22.5. The number of amides is 1. The molecule has 3 aromatic carbocycles. The number of aromatic nitrogens is 2. The van der Waals surface area contributed by atoms with E-state index in [1.54, 1.807) is 16.7 Å². The molecule has 0 saturated heterocycles. The van der Waals surface area contributed by atoms with Crippen molar-refractivity contribution in [3.8, 4) is 11.5 Å². The van der Waals surface area contributed by atoms with Crippen molar-refractivity contribution in [1.29, 1.82) is 0 Å². The molecule has 1 aromatic heterocycles. The van der Waals surface area contributed by atoms with Crippen LogP contribution in [-0.4, -0.2) is 34.9 Å². The molecule has 0 radical (unpaired) electrons. The maximum absolute atomic E-state index is 13.8. The van der Waals surface area contributed by atoms with Crippen LogP contribution in [0.5, 0.6) is 11.5 Å². The van der Waals surface area contributed by atoms with E-state index in [-0.39, 0.29) is 11.5 Å². The highest BCUT2D eigenvalue weighted by Crippen LogP contribution is 2.32. The third-order valence-electron chi connectivity index (χ3n) is 6.50. The molecule has 0 aliphatic carbocycles. The molecule has 0 unspecified atom stereocenters. The maximum atomic E-state index is 13.8. The molecule has 1 amide bonds. The zero-order chi connectivity index (χ0) is 27.9. The van der Waals surface area contributed by atoms with Crippen LogP contribution in [0.3, 0.4) is 0 Å². The Morgan fingerprint density at radius 2 is 1.64 bits per heavy atom. The highest BCUT2D eigenvalue weighted by Gasteiger charge is 2.23. The number of fused-ring (bicyclic) bond motifs is 1. The van der Waals surface area contributed by atoms with Gasteiger partial charge in [-0.2, -0.15) is 0 Å². The minimum absolute atomic E-state index is 0.141. The Bertz CT molecular complexity index is 1500. The number of methoxy groups -OCH3 is 2. The van der Waals surface area contributed by atoms with Crippen LogP contribution in [0.25, 0.3) is 10.9 Å². The number of anilines is 1. The Labute approximate surface area is 237 Å². The molecule has 4 rings (SSSR count). The molecule has 1 heterocycles. The van der Waals surface area contributed by atoms with Crippen molar-refractivity contribution in [3.63, 3.8) is 0 Å². The minimum atomic E-state index is -0.456. The predicted molar refractivity (Wildman–Crippen MR) is 159 cm³/mol. The fourth-order valence-electron chi connectivity index (χ4n) is 4.20. The van der Waals surface area contributed by atoms with E-state index in [1.165, 1.54) is 31.5 Å². The fraction of sp³-hybridized carbons (Fsp3) is 0.300. The summed E-state index contributed by atoms with van der Waals surface area (Å²) >= 11 is 7.33. The van der Waals surface area contributed by atoms with Gasteiger partial charge in [0.05, 0.1) is 30.4 Å². The van der Waals surface area contributed by atoms with Crippen LogP contribution < -0.4 is 20.3 Å². The summed E-state index contributed by atoms with van der Waals surface area (Å²) in [5.41, 5.74) is 3.25. The minimum Gasteiger partial charge on any atom is -0.493 e. The van der Waals surface area contributed by atoms with E-state index in [9.17, 15) is 9.59 Å². The van der Waals surface area contributed by atoms with E-state index in [4.69, 9.17) is 26.1 Å².